The van der Waals surface area contributed by atoms with E-state index in [2.05, 4.69) is 26.6 Å². The maximum absolute atomic E-state index is 16.3. The summed E-state index contributed by atoms with van der Waals surface area (Å²) in [6.45, 7) is 23.6. The number of imidazole rings is 1. The molecule has 5 saturated heterocycles. The fourth-order valence-electron chi connectivity index (χ4n) is 24.0. The summed E-state index contributed by atoms with van der Waals surface area (Å²) in [5.74, 6) is 1.30. The number of alkyl carbamates (subject to hydrolysis) is 3. The van der Waals surface area contributed by atoms with E-state index in [0.717, 1.165) is 120 Å². The number of aliphatic imine (C=N–C) groups is 3. The van der Waals surface area contributed by atoms with Gasteiger partial charge < -0.3 is 74.2 Å². The summed E-state index contributed by atoms with van der Waals surface area (Å²) < 4.78 is 42.0. The number of aryl methyl sites for hydroxylation is 1. The summed E-state index contributed by atoms with van der Waals surface area (Å²) in [6, 6.07) is -4.96. The molecule has 2 aromatic rings. The topological polar surface area (TPSA) is 377 Å². The number of carbonyl (C=O) groups is 10. The predicted molar refractivity (Wildman–Crippen MR) is 469 cm³/mol. The molecular weight excluding hydrogens is 1610 g/mol. The van der Waals surface area contributed by atoms with Crippen molar-refractivity contribution in [2.45, 2.75) is 311 Å². The van der Waals surface area contributed by atoms with E-state index in [1.807, 2.05) is 85.9 Å². The van der Waals surface area contributed by atoms with E-state index in [1.54, 1.807) is 28.3 Å². The number of amidine groups is 1. The van der Waals surface area contributed by atoms with Gasteiger partial charge in [0.1, 0.15) is 77.8 Å². The Balaban J connectivity index is 0.673. The summed E-state index contributed by atoms with van der Waals surface area (Å²) in [6.07, 6.45) is 23.9. The second kappa shape index (κ2) is 36.4. The highest BCUT2D eigenvalue weighted by molar-refractivity contribution is 6.01. The van der Waals surface area contributed by atoms with Crippen molar-refractivity contribution in [2.75, 3.05) is 32.7 Å². The smallest absolute Gasteiger partial charge is 0.408 e. The van der Waals surface area contributed by atoms with Crippen molar-refractivity contribution in [2.24, 2.45) is 102 Å². The lowest BCUT2D eigenvalue weighted by molar-refractivity contribution is -0.142. The monoisotopic (exact) mass is 1740 g/mol. The molecule has 31 heteroatoms. The van der Waals surface area contributed by atoms with Gasteiger partial charge in [-0.05, 0) is 206 Å². The minimum Gasteiger partial charge on any atom is -0.488 e. The molecule has 6 N–H and O–H groups in total. The summed E-state index contributed by atoms with van der Waals surface area (Å²) in [5.41, 5.74) is -0.145. The summed E-state index contributed by atoms with van der Waals surface area (Å²) >= 11 is 0. The molecule has 6 saturated carbocycles. The summed E-state index contributed by atoms with van der Waals surface area (Å²) in [5, 5.41) is 23.0. The lowest BCUT2D eigenvalue weighted by atomic mass is 9.79. The van der Waals surface area contributed by atoms with Gasteiger partial charge in [0.25, 0.3) is 0 Å². The van der Waals surface area contributed by atoms with Gasteiger partial charge in [0, 0.05) is 84.6 Å². The number of rotatable bonds is 13. The fraction of sp³-hybridized carbons (Fsp3) is 0.716. The first-order chi connectivity index (χ1) is 60.2. The molecule has 10 heterocycles. The molecule has 0 radical (unpaired) electrons. The van der Waals surface area contributed by atoms with Gasteiger partial charge in [0.15, 0.2) is 23.1 Å². The summed E-state index contributed by atoms with van der Waals surface area (Å²) in [7, 11) is 0. The van der Waals surface area contributed by atoms with Crippen molar-refractivity contribution in [1.82, 2.24) is 55.6 Å². The number of ether oxygens (including phenoxy) is 6. The average Bonchev–Trinajstić information content (AvgIpc) is 1.61. The van der Waals surface area contributed by atoms with Crippen LogP contribution in [0.3, 0.4) is 0 Å². The van der Waals surface area contributed by atoms with Gasteiger partial charge in [-0.2, -0.15) is 4.99 Å². The van der Waals surface area contributed by atoms with Crippen LogP contribution < -0.4 is 31.3 Å². The molecule has 11 fully saturated rings. The Labute approximate surface area is 739 Å². The second-order valence-electron chi connectivity index (χ2n) is 41.5. The Kier molecular flexibility index (Phi) is 25.9. The van der Waals surface area contributed by atoms with Crippen LogP contribution in [-0.2, 0) is 65.3 Å². The van der Waals surface area contributed by atoms with Crippen LogP contribution in [0, 0.1) is 92.7 Å². The van der Waals surface area contributed by atoms with E-state index >= 15 is 9.59 Å². The maximum Gasteiger partial charge on any atom is 0.408 e. The molecule has 16 rings (SSSR count). The van der Waals surface area contributed by atoms with Gasteiger partial charge in [0.2, 0.25) is 17.7 Å². The van der Waals surface area contributed by atoms with Crippen LogP contribution in [0.5, 0.6) is 5.75 Å². The zero-order valence-corrected chi connectivity index (χ0v) is 75.8. The van der Waals surface area contributed by atoms with Crippen LogP contribution in [0.4, 0.5) is 19.2 Å². The molecule has 2 aromatic heterocycles. The van der Waals surface area contributed by atoms with E-state index in [-0.39, 0.29) is 104 Å². The highest BCUT2D eigenvalue weighted by atomic mass is 16.6. The van der Waals surface area contributed by atoms with Crippen LogP contribution in [0.2, 0.25) is 0 Å². The van der Waals surface area contributed by atoms with E-state index in [4.69, 9.17) is 53.8 Å². The molecule has 0 spiro atoms. The molecule has 6 bridgehead atoms. The largest absolute Gasteiger partial charge is 0.488 e. The van der Waals surface area contributed by atoms with Crippen molar-refractivity contribution in [1.29, 1.82) is 5.41 Å². The highest BCUT2D eigenvalue weighted by Crippen LogP contribution is 2.60. The Morgan fingerprint density at radius 1 is 0.556 bits per heavy atom. The standard InChI is InChI=1S/C95H133N15O16/c1-14-59-74-47-109(80(59)52(5)112)87(116)84(105-92(120)126-70-39-56-36-65(56)62(70)27-21-17-23-29-67-72(122-74)44-98-76(100-67)30-32-96)95(12,13)49-97-33-31-77-101-88(117)106-34-24-18-22-28-63-66-37-57(66)40-71(63)125-91(119)104-83(86(115)110-48-75(123-89(106)102-77)60(15-2)81(110)53(6)113)94(10,11)42-58-43-99-78-41-68-54(45-107(58)78)25-19-16-20-26-61-64-35-55(64)38-69(61)124-90(118)103-82(93(7,8)9)85(114)108-46-73(121-68)50(3)79(108)51(4)111/h30-33,41,43-45,50,55-57,59-66,69-71,73-75,79-84,96,98H,14-29,34-40,42,46-49H2,1-13H3,(H,101,117)(H,103,118)(H,104,119)(H,105,120)/b76-30+,77-31+,96-32?,97-33+/t50-,55?,56?,57?,59-,60-,61-,62-,63-,64?,65?,66?,69-,70-,71-,73+,74+,75+,79+,80-,81-,82-,83-,84-/m1/s1. The Morgan fingerprint density at radius 2 is 1.06 bits per heavy atom. The first-order valence-corrected chi connectivity index (χ1v) is 47.1. The number of amides is 8. The molecule has 6 aliphatic carbocycles. The molecule has 684 valence electrons. The number of carbonyl (C=O) groups excluding carboxylic acids is 10. The number of hydrogen-bond donors (Lipinski definition) is 6. The number of urea groups is 1. The second-order valence-corrected chi connectivity index (χ2v) is 41.5. The number of nitrogens with one attached hydrogen (secondary N) is 6. The lowest BCUT2D eigenvalue weighted by Gasteiger charge is -2.38. The van der Waals surface area contributed by atoms with Crippen molar-refractivity contribution >= 4 is 89.2 Å². The molecule has 24 atom stereocenters. The number of aromatic nitrogens is 2. The normalized spacial score (nSPS) is 36.0. The van der Waals surface area contributed by atoms with Crippen molar-refractivity contribution in [3.8, 4) is 5.75 Å². The van der Waals surface area contributed by atoms with Gasteiger partial charge in [-0.1, -0.05) is 108 Å². The van der Waals surface area contributed by atoms with Gasteiger partial charge in [0.05, 0.1) is 43.5 Å². The average molecular weight is 1740 g/mol. The Bertz CT molecular complexity index is 4770. The molecule has 0 aromatic carbocycles. The van der Waals surface area contributed by atoms with Crippen LogP contribution in [0.15, 0.2) is 69.2 Å². The Morgan fingerprint density at radius 3 is 1.60 bits per heavy atom. The highest BCUT2D eigenvalue weighted by Gasteiger charge is 2.60. The van der Waals surface area contributed by atoms with Crippen LogP contribution in [-0.4, -0.2) is 218 Å². The minimum absolute atomic E-state index is 0.0364. The molecule has 8 amide bonds. The molecule has 8 aliphatic heterocycles. The number of allylic oxidation sites excluding steroid dienone is 3. The van der Waals surface area contributed by atoms with Crippen LogP contribution in [0.25, 0.3) is 5.65 Å². The third-order valence-electron chi connectivity index (χ3n) is 30.8. The molecule has 31 nitrogen and oxygen atoms in total. The van der Waals surface area contributed by atoms with Gasteiger partial charge in [-0.25, -0.2) is 34.1 Å². The fourth-order valence-corrected chi connectivity index (χ4v) is 24.0. The number of pyridine rings is 1. The zero-order chi connectivity index (χ0) is 89.3. The zero-order valence-electron chi connectivity index (χ0n) is 75.8. The van der Waals surface area contributed by atoms with E-state index in [9.17, 15) is 38.4 Å². The van der Waals surface area contributed by atoms with Gasteiger partial charge in [-0.3, -0.25) is 39.1 Å². The SMILES string of the molecule is CC[C@@H]1[C@@H]2CN(C(=O)[C@H](C(C)(C)C/N=C/C=C3/N=C4O[C@H]5CN(C(=O)[C@H](C(C)(C)Cc6cnc7cc8c(cn67)CCCCC[C@@H]6C7CC7C[C@H]6OC(=O)N[C@@H](C(C)(C)C)C(=O)N6C[C@H](O8)[C@@H](C)[C@H]6C(C)=O)NC(=O)O[C@@H]6CC7CC7[C@H]6CCCCCN4C(=O)N3)[C@H](C(C)=O)[C@@H]5CC)NC(=O)O[C@@H]3CC4CC4[C@H]3CCCCCC3=N/C(=C/C=N)NC=C3O2)[C@@H]1C(C)=O. The van der Waals surface area contributed by atoms with Crippen molar-refractivity contribution in [3.63, 3.8) is 0 Å². The third-order valence-corrected chi connectivity index (χ3v) is 30.8. The number of ketones is 3. The number of nitrogens with zero attached hydrogens (tertiary/aromatic N) is 9. The van der Waals surface area contributed by atoms with E-state index in [0.29, 0.717) is 97.0 Å². The Hall–Kier alpha value is -9.71. The van der Waals surface area contributed by atoms with Crippen LogP contribution >= 0.6 is 0 Å². The maximum atomic E-state index is 16.3. The molecular formula is C95H133N15O16. The number of Topliss-reactive ketones (excluding diaryl/α,β-unsaturated/α-hetero) is 3. The first-order valence-electron chi connectivity index (χ1n) is 47.1. The predicted octanol–water partition coefficient (Wildman–Crippen LogP) is 12.3. The van der Waals surface area contributed by atoms with Crippen LogP contribution in [0.1, 0.15) is 236 Å². The number of hydrogen-bond acceptors (Lipinski definition) is 22. The van der Waals surface area contributed by atoms with Gasteiger partial charge in [-0.15, -0.1) is 0 Å². The third kappa shape index (κ3) is 18.7. The quantitative estimate of drug-likeness (QED) is 0.0801. The number of fused-ring (bicyclic) bond motifs is 19. The first kappa shape index (κ1) is 89.7. The van der Waals surface area contributed by atoms with Crippen molar-refractivity contribution in [3.05, 3.63) is 65.5 Å². The molecule has 126 heavy (non-hydrogen) atoms. The lowest BCUT2D eigenvalue weighted by Crippen LogP contribution is -2.59. The molecule has 6 unspecified atom stereocenters. The van der Waals surface area contributed by atoms with Crippen molar-refractivity contribution < 1.29 is 76.4 Å². The summed E-state index contributed by atoms with van der Waals surface area (Å²) in [4.78, 5) is 173. The van der Waals surface area contributed by atoms with E-state index < -0.39 is 131 Å². The molecule has 14 aliphatic rings. The van der Waals surface area contributed by atoms with Gasteiger partial charge >= 0.3 is 30.3 Å². The van der Waals surface area contributed by atoms with E-state index in [1.165, 1.54) is 49.1 Å². The minimum atomic E-state index is -1.29.